The summed E-state index contributed by atoms with van der Waals surface area (Å²) >= 11 is 0. The highest BCUT2D eigenvalue weighted by molar-refractivity contribution is 5.31. The second kappa shape index (κ2) is 5.09. The normalized spacial score (nSPS) is 27.7. The van der Waals surface area contributed by atoms with Crippen LogP contribution in [0.15, 0.2) is 30.3 Å². The molecular weight excluding hydrogens is 222 g/mol. The lowest BCUT2D eigenvalue weighted by molar-refractivity contribution is 0.225. The van der Waals surface area contributed by atoms with Crippen molar-refractivity contribution in [2.75, 3.05) is 13.1 Å². The van der Waals surface area contributed by atoms with Crippen LogP contribution in [0.1, 0.15) is 25.8 Å². The first kappa shape index (κ1) is 13.1. The third-order valence-corrected chi connectivity index (χ3v) is 3.85. The van der Waals surface area contributed by atoms with Crippen LogP contribution in [-0.2, 0) is 5.54 Å². The smallest absolute Gasteiger partial charge is 0.142 e. The molecule has 1 aromatic rings. The first-order valence-electron chi connectivity index (χ1n) is 6.55. The lowest BCUT2D eigenvalue weighted by Gasteiger charge is -2.30. The van der Waals surface area contributed by atoms with Crippen LogP contribution >= 0.6 is 0 Å². The van der Waals surface area contributed by atoms with Crippen LogP contribution < -0.4 is 5.73 Å². The van der Waals surface area contributed by atoms with Gasteiger partial charge in [0.2, 0.25) is 0 Å². The Bertz CT molecular complexity index is 437. The average molecular weight is 243 g/mol. The Morgan fingerprint density at radius 1 is 1.39 bits per heavy atom. The van der Waals surface area contributed by atoms with Crippen LogP contribution in [0.4, 0.5) is 0 Å². The van der Waals surface area contributed by atoms with E-state index in [0.29, 0.717) is 18.5 Å². The number of hydrogen-bond acceptors (Lipinski definition) is 3. The van der Waals surface area contributed by atoms with E-state index in [1.54, 1.807) is 0 Å². The number of rotatable bonds is 3. The van der Waals surface area contributed by atoms with Crippen molar-refractivity contribution in [3.05, 3.63) is 35.9 Å². The van der Waals surface area contributed by atoms with E-state index in [9.17, 15) is 5.26 Å². The molecule has 0 spiro atoms. The molecule has 0 aromatic heterocycles. The molecule has 0 amide bonds. The maximum atomic E-state index is 9.45. The Hall–Kier alpha value is -1.37. The lowest BCUT2D eigenvalue weighted by Crippen LogP contribution is -2.47. The zero-order chi connectivity index (χ0) is 13.2. The van der Waals surface area contributed by atoms with Crippen LogP contribution in [-0.4, -0.2) is 24.0 Å². The SMILES string of the molecule is CC1CC(C)N(CC(N)(C#N)c2ccccc2)C1. The summed E-state index contributed by atoms with van der Waals surface area (Å²) in [5.41, 5.74) is 6.30. The van der Waals surface area contributed by atoms with Gasteiger partial charge in [0, 0.05) is 19.1 Å². The summed E-state index contributed by atoms with van der Waals surface area (Å²) in [4.78, 5) is 2.33. The van der Waals surface area contributed by atoms with Crippen molar-refractivity contribution in [2.24, 2.45) is 11.7 Å². The Labute approximate surface area is 109 Å². The Morgan fingerprint density at radius 2 is 2.06 bits per heavy atom. The van der Waals surface area contributed by atoms with Crippen LogP contribution in [0.25, 0.3) is 0 Å². The van der Waals surface area contributed by atoms with E-state index in [2.05, 4.69) is 24.8 Å². The van der Waals surface area contributed by atoms with Gasteiger partial charge in [0.05, 0.1) is 6.07 Å². The summed E-state index contributed by atoms with van der Waals surface area (Å²) in [7, 11) is 0. The Morgan fingerprint density at radius 3 is 2.56 bits per heavy atom. The van der Waals surface area contributed by atoms with Gasteiger partial charge < -0.3 is 5.73 Å². The molecule has 96 valence electrons. The topological polar surface area (TPSA) is 53.0 Å². The van der Waals surface area contributed by atoms with Gasteiger partial charge in [-0.3, -0.25) is 4.90 Å². The van der Waals surface area contributed by atoms with E-state index >= 15 is 0 Å². The van der Waals surface area contributed by atoms with Crippen LogP contribution in [0.5, 0.6) is 0 Å². The molecule has 1 fully saturated rings. The summed E-state index contributed by atoms with van der Waals surface area (Å²) in [5.74, 6) is 0.693. The molecule has 3 heteroatoms. The van der Waals surface area contributed by atoms with Gasteiger partial charge in [-0.05, 0) is 24.8 Å². The molecule has 1 heterocycles. The predicted octanol–water partition coefficient (Wildman–Crippen LogP) is 2.09. The molecule has 0 bridgehead atoms. The van der Waals surface area contributed by atoms with E-state index in [0.717, 1.165) is 12.1 Å². The molecular formula is C15H21N3. The van der Waals surface area contributed by atoms with Crippen molar-refractivity contribution < 1.29 is 0 Å². The fourth-order valence-corrected chi connectivity index (χ4v) is 2.85. The summed E-state index contributed by atoms with van der Waals surface area (Å²) in [6.07, 6.45) is 1.19. The molecule has 0 aliphatic carbocycles. The van der Waals surface area contributed by atoms with Crippen LogP contribution in [0.2, 0.25) is 0 Å². The maximum absolute atomic E-state index is 9.45. The van der Waals surface area contributed by atoms with Crippen molar-refractivity contribution in [1.29, 1.82) is 5.26 Å². The third-order valence-electron chi connectivity index (χ3n) is 3.85. The molecule has 1 aromatic carbocycles. The highest BCUT2D eigenvalue weighted by atomic mass is 15.2. The fourth-order valence-electron chi connectivity index (χ4n) is 2.85. The molecule has 1 saturated heterocycles. The largest absolute Gasteiger partial charge is 0.309 e. The summed E-state index contributed by atoms with van der Waals surface area (Å²) < 4.78 is 0. The Balaban J connectivity index is 2.17. The lowest BCUT2D eigenvalue weighted by atomic mass is 9.92. The van der Waals surface area contributed by atoms with Gasteiger partial charge in [-0.15, -0.1) is 0 Å². The molecule has 2 N–H and O–H groups in total. The second-order valence-electron chi connectivity index (χ2n) is 5.57. The molecule has 18 heavy (non-hydrogen) atoms. The van der Waals surface area contributed by atoms with Gasteiger partial charge >= 0.3 is 0 Å². The number of likely N-dealkylation sites (tertiary alicyclic amines) is 1. The average Bonchev–Trinajstić information content (AvgIpc) is 2.68. The summed E-state index contributed by atoms with van der Waals surface area (Å²) in [6, 6.07) is 12.5. The number of nitrogens with zero attached hydrogens (tertiary/aromatic N) is 2. The van der Waals surface area contributed by atoms with E-state index in [4.69, 9.17) is 5.73 Å². The van der Waals surface area contributed by atoms with Crippen LogP contribution in [0.3, 0.4) is 0 Å². The minimum atomic E-state index is -0.903. The van der Waals surface area contributed by atoms with Gasteiger partial charge in [-0.1, -0.05) is 37.3 Å². The van der Waals surface area contributed by atoms with Crippen molar-refractivity contribution in [3.8, 4) is 6.07 Å². The van der Waals surface area contributed by atoms with E-state index in [1.807, 2.05) is 30.3 Å². The molecule has 3 unspecified atom stereocenters. The fraction of sp³-hybridized carbons (Fsp3) is 0.533. The number of nitriles is 1. The van der Waals surface area contributed by atoms with Gasteiger partial charge in [0.1, 0.15) is 5.54 Å². The summed E-state index contributed by atoms with van der Waals surface area (Å²) in [5, 5.41) is 9.45. The van der Waals surface area contributed by atoms with Crippen molar-refractivity contribution in [3.63, 3.8) is 0 Å². The van der Waals surface area contributed by atoms with E-state index in [-0.39, 0.29) is 0 Å². The van der Waals surface area contributed by atoms with Crippen molar-refractivity contribution in [1.82, 2.24) is 4.90 Å². The first-order chi connectivity index (χ1) is 8.55. The maximum Gasteiger partial charge on any atom is 0.142 e. The Kier molecular flexibility index (Phi) is 3.70. The van der Waals surface area contributed by atoms with Gasteiger partial charge in [-0.2, -0.15) is 5.26 Å². The van der Waals surface area contributed by atoms with Crippen LogP contribution in [0, 0.1) is 17.2 Å². The molecule has 3 nitrogen and oxygen atoms in total. The monoisotopic (exact) mass is 243 g/mol. The molecule has 3 atom stereocenters. The number of hydrogen-bond donors (Lipinski definition) is 1. The minimum absolute atomic E-state index is 0.514. The van der Waals surface area contributed by atoms with E-state index in [1.165, 1.54) is 6.42 Å². The second-order valence-corrected chi connectivity index (χ2v) is 5.57. The molecule has 1 aliphatic heterocycles. The highest BCUT2D eigenvalue weighted by Crippen LogP contribution is 2.27. The third kappa shape index (κ3) is 2.55. The molecule has 2 rings (SSSR count). The first-order valence-corrected chi connectivity index (χ1v) is 6.55. The summed E-state index contributed by atoms with van der Waals surface area (Å²) in [6.45, 7) is 6.11. The van der Waals surface area contributed by atoms with Gasteiger partial charge in [-0.25, -0.2) is 0 Å². The van der Waals surface area contributed by atoms with Gasteiger partial charge in [0.15, 0.2) is 0 Å². The highest BCUT2D eigenvalue weighted by Gasteiger charge is 2.35. The van der Waals surface area contributed by atoms with Crippen molar-refractivity contribution >= 4 is 0 Å². The molecule has 0 radical (unpaired) electrons. The molecule has 1 aliphatic rings. The minimum Gasteiger partial charge on any atom is -0.309 e. The quantitative estimate of drug-likeness (QED) is 0.884. The predicted molar refractivity (Wildman–Crippen MR) is 72.7 cm³/mol. The number of nitrogens with two attached hydrogens (primary N) is 1. The molecule has 0 saturated carbocycles. The zero-order valence-electron chi connectivity index (χ0n) is 11.1. The van der Waals surface area contributed by atoms with Gasteiger partial charge in [0.25, 0.3) is 0 Å². The van der Waals surface area contributed by atoms with E-state index < -0.39 is 5.54 Å². The number of benzene rings is 1. The zero-order valence-corrected chi connectivity index (χ0v) is 11.1. The standard InChI is InChI=1S/C15H21N3/c1-12-8-13(2)18(9-12)11-15(17,10-16)14-6-4-3-5-7-14/h3-7,12-13H,8-9,11,17H2,1-2H3. The van der Waals surface area contributed by atoms with Crippen molar-refractivity contribution in [2.45, 2.75) is 31.8 Å².